The largest absolute Gasteiger partial charge is 0.494 e. The topological polar surface area (TPSA) is 63.2 Å². The van der Waals surface area contributed by atoms with Crippen LogP contribution < -0.4 is 19.1 Å². The summed E-state index contributed by atoms with van der Waals surface area (Å²) in [5.41, 5.74) is 3.07. The number of rotatable bonds is 19. The number of carbonyl (C=O) groups is 1. The molecule has 0 aliphatic carbocycles. The van der Waals surface area contributed by atoms with Gasteiger partial charge in [0.25, 0.3) is 0 Å². The number of esters is 1. The maximum absolute atomic E-state index is 12.8. The molecule has 0 spiro atoms. The van der Waals surface area contributed by atoms with Gasteiger partial charge in [0.05, 0.1) is 18.8 Å². The van der Waals surface area contributed by atoms with E-state index in [0.717, 1.165) is 53.4 Å². The lowest BCUT2D eigenvalue weighted by Gasteiger charge is -2.14. The highest BCUT2D eigenvalue weighted by Gasteiger charge is 2.15. The van der Waals surface area contributed by atoms with Gasteiger partial charge in [-0.25, -0.2) is 4.79 Å². The minimum absolute atomic E-state index is 0.289. The first-order valence-corrected chi connectivity index (χ1v) is 16.9. The predicted molar refractivity (Wildman–Crippen MR) is 181 cm³/mol. The fourth-order valence-corrected chi connectivity index (χ4v) is 4.91. The lowest BCUT2D eigenvalue weighted by molar-refractivity contribution is -0.218. The molecular formula is C35H48O6P2. The van der Waals surface area contributed by atoms with Crippen LogP contribution in [0.15, 0.2) is 60.7 Å². The van der Waals surface area contributed by atoms with Crippen LogP contribution >= 0.6 is 18.5 Å². The maximum atomic E-state index is 12.8. The molecule has 0 amide bonds. The van der Waals surface area contributed by atoms with E-state index in [4.69, 9.17) is 24.0 Å². The van der Waals surface area contributed by atoms with Gasteiger partial charge in [0.15, 0.2) is 5.75 Å². The Morgan fingerprint density at radius 2 is 1.30 bits per heavy atom. The zero-order valence-corrected chi connectivity index (χ0v) is 28.4. The van der Waals surface area contributed by atoms with E-state index in [9.17, 15) is 4.79 Å². The van der Waals surface area contributed by atoms with Crippen molar-refractivity contribution in [3.8, 4) is 23.0 Å². The molecule has 0 aliphatic heterocycles. The third-order valence-electron chi connectivity index (χ3n) is 7.49. The lowest BCUT2D eigenvalue weighted by Crippen LogP contribution is -2.10. The molecule has 3 aromatic rings. The first-order chi connectivity index (χ1) is 20.8. The zero-order chi connectivity index (χ0) is 31.0. The summed E-state index contributed by atoms with van der Waals surface area (Å²) < 4.78 is 17.5. The van der Waals surface area contributed by atoms with E-state index in [2.05, 4.69) is 32.3 Å². The number of benzene rings is 3. The fourth-order valence-electron chi connectivity index (χ4n) is 4.44. The van der Waals surface area contributed by atoms with Crippen molar-refractivity contribution in [3.05, 3.63) is 82.9 Å². The highest BCUT2D eigenvalue weighted by atomic mass is 31.0. The van der Waals surface area contributed by atoms with Gasteiger partial charge in [-0.15, -0.1) is 18.5 Å². The molecule has 8 heteroatoms. The Kier molecular flexibility index (Phi) is 15.3. The normalized spacial score (nSPS) is 12.4. The van der Waals surface area contributed by atoms with Crippen LogP contribution in [0, 0.1) is 25.7 Å². The van der Waals surface area contributed by atoms with Gasteiger partial charge in [0.2, 0.25) is 0 Å². The summed E-state index contributed by atoms with van der Waals surface area (Å²) in [6, 6.07) is 18.4. The molecule has 3 aromatic carbocycles. The van der Waals surface area contributed by atoms with E-state index in [1.807, 2.05) is 50.2 Å². The third kappa shape index (κ3) is 12.1. The first kappa shape index (κ1) is 34.8. The molecule has 43 heavy (non-hydrogen) atoms. The molecule has 0 saturated heterocycles. The van der Waals surface area contributed by atoms with Gasteiger partial charge >= 0.3 is 5.97 Å². The summed E-state index contributed by atoms with van der Waals surface area (Å²) in [4.78, 5) is 23.9. The van der Waals surface area contributed by atoms with Gasteiger partial charge in [-0.1, -0.05) is 32.4 Å². The Balaban J connectivity index is 1.45. The fraction of sp³-hybridized carbons (Fsp3) is 0.457. The molecule has 4 unspecified atom stereocenters. The second-order valence-electron chi connectivity index (χ2n) is 11.2. The molecule has 0 saturated carbocycles. The summed E-state index contributed by atoms with van der Waals surface area (Å²) in [7, 11) is 5.55. The summed E-state index contributed by atoms with van der Waals surface area (Å²) in [5.74, 6) is 3.39. The van der Waals surface area contributed by atoms with Crippen molar-refractivity contribution in [2.45, 2.75) is 66.4 Å². The van der Waals surface area contributed by atoms with Gasteiger partial charge in [0, 0.05) is 5.56 Å². The Labute approximate surface area is 262 Å². The van der Waals surface area contributed by atoms with Crippen LogP contribution in [0.2, 0.25) is 0 Å². The van der Waals surface area contributed by atoms with Crippen molar-refractivity contribution in [1.29, 1.82) is 0 Å². The Morgan fingerprint density at radius 3 is 1.98 bits per heavy atom. The molecule has 0 fully saturated rings. The highest BCUT2D eigenvalue weighted by Crippen LogP contribution is 2.30. The molecular weight excluding hydrogens is 578 g/mol. The molecule has 0 heterocycles. The molecule has 6 nitrogen and oxygen atoms in total. The van der Waals surface area contributed by atoms with Gasteiger partial charge in [-0.05, 0) is 123 Å². The second kappa shape index (κ2) is 18.9. The van der Waals surface area contributed by atoms with Crippen molar-refractivity contribution in [1.82, 2.24) is 0 Å². The molecule has 0 aromatic heterocycles. The third-order valence-corrected chi connectivity index (χ3v) is 8.31. The van der Waals surface area contributed by atoms with Gasteiger partial charge in [-0.3, -0.25) is 0 Å². The lowest BCUT2D eigenvalue weighted by atomic mass is 10.0. The standard InChI is InChI=1S/C35H48O6P2/c1-25(7-5-21-42)19-20-37-31-15-11-30(12-16-31)35(36)40-33-17-18-34(28(4)27(33)3)41-39-24-29-9-13-32(14-10-29)38-23-26(2)8-6-22-43/h9-18,25-26H,5-8,19-24,42-43H2,1-4H3. The van der Waals surface area contributed by atoms with Crippen LogP contribution in [0.25, 0.3) is 0 Å². The van der Waals surface area contributed by atoms with E-state index in [-0.39, 0.29) is 6.61 Å². The predicted octanol–water partition coefficient (Wildman–Crippen LogP) is 8.76. The van der Waals surface area contributed by atoms with Crippen LogP contribution in [-0.4, -0.2) is 31.5 Å². The van der Waals surface area contributed by atoms with Crippen molar-refractivity contribution >= 4 is 24.4 Å². The molecule has 0 N–H and O–H groups in total. The van der Waals surface area contributed by atoms with E-state index < -0.39 is 5.97 Å². The average Bonchev–Trinajstić information content (AvgIpc) is 3.02. The monoisotopic (exact) mass is 626 g/mol. The van der Waals surface area contributed by atoms with Crippen LogP contribution in [-0.2, 0) is 11.5 Å². The van der Waals surface area contributed by atoms with Crippen LogP contribution in [0.4, 0.5) is 0 Å². The van der Waals surface area contributed by atoms with Crippen molar-refractivity contribution in [3.63, 3.8) is 0 Å². The summed E-state index contributed by atoms with van der Waals surface area (Å²) >= 11 is 0. The second-order valence-corrected chi connectivity index (χ2v) is 12.4. The molecule has 0 bridgehead atoms. The number of hydrogen-bond donors (Lipinski definition) is 0. The molecule has 3 rings (SSSR count). The van der Waals surface area contributed by atoms with Crippen LogP contribution in [0.5, 0.6) is 23.0 Å². The Hall–Kier alpha value is -2.65. The zero-order valence-electron chi connectivity index (χ0n) is 26.1. The molecule has 0 radical (unpaired) electrons. The average molecular weight is 627 g/mol. The minimum Gasteiger partial charge on any atom is -0.494 e. The van der Waals surface area contributed by atoms with E-state index in [1.54, 1.807) is 24.3 Å². The minimum atomic E-state index is -0.424. The quantitative estimate of drug-likeness (QED) is 0.0436. The van der Waals surface area contributed by atoms with E-state index in [0.29, 0.717) is 42.1 Å². The van der Waals surface area contributed by atoms with Gasteiger partial charge < -0.3 is 19.1 Å². The van der Waals surface area contributed by atoms with Crippen LogP contribution in [0.3, 0.4) is 0 Å². The molecule has 0 aliphatic rings. The van der Waals surface area contributed by atoms with Gasteiger partial charge in [-0.2, -0.15) is 4.89 Å². The van der Waals surface area contributed by atoms with Crippen molar-refractivity contribution in [2.24, 2.45) is 11.8 Å². The summed E-state index contributed by atoms with van der Waals surface area (Å²) in [6.45, 7) is 9.94. The number of ether oxygens (including phenoxy) is 3. The summed E-state index contributed by atoms with van der Waals surface area (Å²) in [5, 5.41) is 0. The van der Waals surface area contributed by atoms with Crippen molar-refractivity contribution in [2.75, 3.05) is 25.5 Å². The summed E-state index contributed by atoms with van der Waals surface area (Å²) in [6.07, 6.45) is 8.06. The number of hydrogen-bond acceptors (Lipinski definition) is 6. The van der Waals surface area contributed by atoms with Gasteiger partial charge in [0.1, 0.15) is 23.9 Å². The Bertz CT molecular complexity index is 1250. The molecule has 4 atom stereocenters. The van der Waals surface area contributed by atoms with Crippen LogP contribution in [0.1, 0.15) is 73.0 Å². The number of carbonyl (C=O) groups excluding carboxylic acids is 1. The highest BCUT2D eigenvalue weighted by molar-refractivity contribution is 7.16. The SMILES string of the molecule is Cc1c(OOCc2ccc(OCC(C)CCCP)cc2)ccc(OC(=O)c2ccc(OCCC(C)CCCP)cc2)c1C. The first-order valence-electron chi connectivity index (χ1n) is 15.3. The van der Waals surface area contributed by atoms with E-state index >= 15 is 0 Å². The van der Waals surface area contributed by atoms with E-state index in [1.165, 1.54) is 19.3 Å². The smallest absolute Gasteiger partial charge is 0.343 e. The Morgan fingerprint density at radius 1 is 0.721 bits per heavy atom. The molecule has 234 valence electrons. The maximum Gasteiger partial charge on any atom is 0.343 e. The van der Waals surface area contributed by atoms with Crippen molar-refractivity contribution < 1.29 is 28.8 Å².